The number of benzene rings is 1. The molecule has 23 heavy (non-hydrogen) atoms. The maximum Gasteiger partial charge on any atom is 0.325 e. The average Bonchev–Trinajstić information content (AvgIpc) is 2.77. The van der Waals surface area contributed by atoms with Crippen molar-refractivity contribution in [2.75, 3.05) is 20.3 Å². The number of carbonyl (C=O) groups excluding carboxylic acids is 3. The first-order chi connectivity index (χ1) is 11.0. The van der Waals surface area contributed by atoms with E-state index in [-0.39, 0.29) is 4.91 Å². The number of esters is 1. The Hall–Kier alpha value is -1.80. The molecule has 1 saturated heterocycles. The van der Waals surface area contributed by atoms with E-state index in [1.807, 2.05) is 13.0 Å². The van der Waals surface area contributed by atoms with Gasteiger partial charge in [0.1, 0.15) is 12.3 Å². The molecule has 0 saturated carbocycles. The van der Waals surface area contributed by atoms with Crippen molar-refractivity contribution < 1.29 is 23.9 Å². The number of rotatable bonds is 5. The molecule has 1 aliphatic rings. The lowest BCUT2D eigenvalue weighted by atomic mass is 10.2. The van der Waals surface area contributed by atoms with Gasteiger partial charge in [-0.25, -0.2) is 0 Å². The van der Waals surface area contributed by atoms with Crippen LogP contribution in [0.4, 0.5) is 4.79 Å². The van der Waals surface area contributed by atoms with Crippen molar-refractivity contribution in [3.05, 3.63) is 33.1 Å². The third-order valence-corrected chi connectivity index (χ3v) is 4.35. The van der Waals surface area contributed by atoms with Crippen LogP contribution in [0.5, 0.6) is 5.75 Å². The largest absolute Gasteiger partial charge is 0.493 e. The van der Waals surface area contributed by atoms with E-state index in [9.17, 15) is 14.4 Å². The van der Waals surface area contributed by atoms with Gasteiger partial charge < -0.3 is 9.47 Å². The van der Waals surface area contributed by atoms with Gasteiger partial charge in [0, 0.05) is 10.0 Å². The Morgan fingerprint density at radius 3 is 2.78 bits per heavy atom. The molecular weight excluding hydrogens is 386 g/mol. The summed E-state index contributed by atoms with van der Waals surface area (Å²) in [5, 5.41) is -0.500. The van der Waals surface area contributed by atoms with Crippen LogP contribution >= 0.6 is 27.7 Å². The van der Waals surface area contributed by atoms with Gasteiger partial charge in [0.05, 0.1) is 18.6 Å². The topological polar surface area (TPSA) is 72.9 Å². The highest BCUT2D eigenvalue weighted by molar-refractivity contribution is 9.10. The molecule has 0 unspecified atom stereocenters. The summed E-state index contributed by atoms with van der Waals surface area (Å²) in [5.41, 5.74) is 0.671. The number of carbonyl (C=O) groups is 3. The molecule has 1 aromatic rings. The van der Waals surface area contributed by atoms with Crippen molar-refractivity contribution in [3.63, 3.8) is 0 Å². The zero-order valence-corrected chi connectivity index (χ0v) is 14.9. The van der Waals surface area contributed by atoms with Gasteiger partial charge in [-0.3, -0.25) is 19.3 Å². The molecule has 0 bridgehead atoms. The fourth-order valence-corrected chi connectivity index (χ4v) is 3.10. The summed E-state index contributed by atoms with van der Waals surface area (Å²) in [6.45, 7) is 1.94. The number of ether oxygens (including phenoxy) is 2. The van der Waals surface area contributed by atoms with E-state index >= 15 is 0 Å². The minimum Gasteiger partial charge on any atom is -0.493 e. The van der Waals surface area contributed by atoms with Crippen molar-refractivity contribution >= 4 is 50.9 Å². The van der Waals surface area contributed by atoms with E-state index < -0.39 is 23.7 Å². The number of hydrogen-bond donors (Lipinski definition) is 0. The Balaban J connectivity index is 2.30. The van der Waals surface area contributed by atoms with Crippen molar-refractivity contribution in [1.29, 1.82) is 0 Å². The molecule has 0 aliphatic carbocycles. The summed E-state index contributed by atoms with van der Waals surface area (Å²) >= 11 is 4.14. The summed E-state index contributed by atoms with van der Waals surface area (Å²) in [4.78, 5) is 36.6. The first-order valence-electron chi connectivity index (χ1n) is 6.70. The lowest BCUT2D eigenvalue weighted by Gasteiger charge is -2.10. The molecule has 1 fully saturated rings. The van der Waals surface area contributed by atoms with Crippen LogP contribution in [0.15, 0.2) is 27.6 Å². The fourth-order valence-electron chi connectivity index (χ4n) is 1.89. The predicted octanol–water partition coefficient (Wildman–Crippen LogP) is 3.06. The van der Waals surface area contributed by atoms with Crippen molar-refractivity contribution in [2.45, 2.75) is 6.92 Å². The van der Waals surface area contributed by atoms with Gasteiger partial charge in [0.2, 0.25) is 0 Å². The Morgan fingerprint density at radius 1 is 1.39 bits per heavy atom. The summed E-state index contributed by atoms with van der Waals surface area (Å²) in [6.07, 6.45) is 1.58. The second-order valence-electron chi connectivity index (χ2n) is 4.46. The number of nitrogens with zero attached hydrogens (tertiary/aromatic N) is 1. The van der Waals surface area contributed by atoms with Gasteiger partial charge in [0.25, 0.3) is 11.1 Å². The zero-order chi connectivity index (χ0) is 17.0. The number of thioether (sulfide) groups is 1. The van der Waals surface area contributed by atoms with Crippen LogP contribution in [0, 0.1) is 0 Å². The van der Waals surface area contributed by atoms with Crippen molar-refractivity contribution in [1.82, 2.24) is 4.90 Å². The van der Waals surface area contributed by atoms with Crippen molar-refractivity contribution in [2.24, 2.45) is 0 Å². The molecule has 2 rings (SSSR count). The monoisotopic (exact) mass is 399 g/mol. The summed E-state index contributed by atoms with van der Waals surface area (Å²) in [6, 6.07) is 5.39. The molecule has 6 nitrogen and oxygen atoms in total. The molecule has 1 aliphatic heterocycles. The maximum atomic E-state index is 12.3. The standard InChI is InChI=1S/C15H14BrNO5S/c1-3-22-11-5-4-10(16)6-9(11)7-12-14(19)17(15(20)23-12)8-13(18)21-2/h4-7H,3,8H2,1-2H3/b12-7-. The number of methoxy groups -OCH3 is 1. The van der Waals surface area contributed by atoms with Crippen molar-refractivity contribution in [3.8, 4) is 5.75 Å². The number of hydrogen-bond acceptors (Lipinski definition) is 6. The van der Waals surface area contributed by atoms with Gasteiger partial charge in [-0.15, -0.1) is 0 Å². The maximum absolute atomic E-state index is 12.3. The second kappa shape index (κ2) is 7.65. The van der Waals surface area contributed by atoms with Gasteiger partial charge >= 0.3 is 5.97 Å². The lowest BCUT2D eigenvalue weighted by molar-refractivity contribution is -0.143. The summed E-state index contributed by atoms with van der Waals surface area (Å²) < 4.78 is 10.8. The van der Waals surface area contributed by atoms with E-state index in [0.29, 0.717) is 17.9 Å². The fraction of sp³-hybridized carbons (Fsp3) is 0.267. The quantitative estimate of drug-likeness (QED) is 0.559. The first kappa shape index (κ1) is 17.6. The molecule has 0 atom stereocenters. The van der Waals surface area contributed by atoms with Crippen LogP contribution in [0.3, 0.4) is 0 Å². The minimum atomic E-state index is -0.647. The van der Waals surface area contributed by atoms with Gasteiger partial charge in [-0.1, -0.05) is 15.9 Å². The Bertz CT molecular complexity index is 688. The first-order valence-corrected chi connectivity index (χ1v) is 8.31. The molecule has 0 radical (unpaired) electrons. The van der Waals surface area contributed by atoms with Gasteiger partial charge in [-0.05, 0) is 43.0 Å². The molecule has 1 aromatic carbocycles. The minimum absolute atomic E-state index is 0.234. The summed E-state index contributed by atoms with van der Waals surface area (Å²) in [7, 11) is 1.20. The van der Waals surface area contributed by atoms with Crippen LogP contribution in [0.2, 0.25) is 0 Å². The SMILES string of the molecule is CCOc1ccc(Br)cc1/C=C1\SC(=O)N(CC(=O)OC)C1=O. The number of imide groups is 1. The molecule has 122 valence electrons. The smallest absolute Gasteiger partial charge is 0.325 e. The van der Waals surface area contributed by atoms with E-state index in [2.05, 4.69) is 20.7 Å². The van der Waals surface area contributed by atoms with Crippen LogP contribution < -0.4 is 4.74 Å². The second-order valence-corrected chi connectivity index (χ2v) is 6.37. The number of halogens is 1. The Labute approximate surface area is 145 Å². The van der Waals surface area contributed by atoms with Gasteiger partial charge in [-0.2, -0.15) is 0 Å². The van der Waals surface area contributed by atoms with E-state index in [1.54, 1.807) is 18.2 Å². The Morgan fingerprint density at radius 2 is 2.13 bits per heavy atom. The van der Waals surface area contributed by atoms with Crippen LogP contribution in [-0.2, 0) is 14.3 Å². The molecule has 0 spiro atoms. The predicted molar refractivity (Wildman–Crippen MR) is 90.0 cm³/mol. The van der Waals surface area contributed by atoms with Crippen LogP contribution in [-0.4, -0.2) is 42.3 Å². The third kappa shape index (κ3) is 4.14. The highest BCUT2D eigenvalue weighted by Crippen LogP contribution is 2.34. The molecule has 0 aromatic heterocycles. The number of amides is 2. The molecule has 2 amide bonds. The highest BCUT2D eigenvalue weighted by Gasteiger charge is 2.36. The third-order valence-electron chi connectivity index (χ3n) is 2.95. The normalized spacial score (nSPS) is 16.1. The van der Waals surface area contributed by atoms with E-state index in [4.69, 9.17) is 4.74 Å². The molecule has 8 heteroatoms. The van der Waals surface area contributed by atoms with Crippen LogP contribution in [0.25, 0.3) is 6.08 Å². The average molecular weight is 400 g/mol. The van der Waals surface area contributed by atoms with Gasteiger partial charge in [0.15, 0.2) is 0 Å². The summed E-state index contributed by atoms with van der Waals surface area (Å²) in [5.74, 6) is -0.561. The van der Waals surface area contributed by atoms with E-state index in [0.717, 1.165) is 21.1 Å². The lowest BCUT2D eigenvalue weighted by Crippen LogP contribution is -2.34. The van der Waals surface area contributed by atoms with E-state index in [1.165, 1.54) is 7.11 Å². The molecule has 1 heterocycles. The highest BCUT2D eigenvalue weighted by atomic mass is 79.9. The molecule has 0 N–H and O–H groups in total. The Kier molecular flexibility index (Phi) is 5.84. The molecular formula is C15H14BrNO5S. The van der Waals surface area contributed by atoms with Crippen LogP contribution in [0.1, 0.15) is 12.5 Å². The zero-order valence-electron chi connectivity index (χ0n) is 12.5.